The molecule has 0 spiro atoms. The highest BCUT2D eigenvalue weighted by atomic mass is 79.9. The number of aryl methyl sites for hydroxylation is 1. The van der Waals surface area contributed by atoms with Crippen molar-refractivity contribution in [3.63, 3.8) is 0 Å². The largest absolute Gasteiger partial charge is 0.254 e. The molecule has 0 fully saturated rings. The summed E-state index contributed by atoms with van der Waals surface area (Å²) in [5, 5.41) is 10.1. The van der Waals surface area contributed by atoms with Crippen molar-refractivity contribution in [3.8, 4) is 6.07 Å². The van der Waals surface area contributed by atoms with Crippen molar-refractivity contribution in [1.29, 1.82) is 5.26 Å². The fourth-order valence-electron chi connectivity index (χ4n) is 1.44. The molecule has 0 saturated carbocycles. The highest BCUT2D eigenvalue weighted by molar-refractivity contribution is 9.10. The zero-order valence-corrected chi connectivity index (χ0v) is 10.2. The van der Waals surface area contributed by atoms with Gasteiger partial charge in [0.25, 0.3) is 0 Å². The summed E-state index contributed by atoms with van der Waals surface area (Å²) >= 11 is 9.53. The SMILES string of the molecule is Cc1cc(Br)c2ncc(C#N)c(Cl)c2c1. The van der Waals surface area contributed by atoms with Crippen LogP contribution in [0, 0.1) is 18.3 Å². The van der Waals surface area contributed by atoms with Gasteiger partial charge in [-0.1, -0.05) is 11.6 Å². The van der Waals surface area contributed by atoms with Crippen molar-refractivity contribution in [2.45, 2.75) is 6.92 Å². The molecule has 0 saturated heterocycles. The average Bonchev–Trinajstić information content (AvgIpc) is 2.19. The second kappa shape index (κ2) is 3.80. The first-order valence-corrected chi connectivity index (χ1v) is 5.45. The van der Waals surface area contributed by atoms with Crippen molar-refractivity contribution in [2.24, 2.45) is 0 Å². The van der Waals surface area contributed by atoms with Gasteiger partial charge in [0.2, 0.25) is 0 Å². The van der Waals surface area contributed by atoms with Crippen LogP contribution in [-0.2, 0) is 0 Å². The van der Waals surface area contributed by atoms with Crippen LogP contribution in [0.5, 0.6) is 0 Å². The fraction of sp³-hybridized carbons (Fsp3) is 0.0909. The lowest BCUT2D eigenvalue weighted by atomic mass is 10.1. The Balaban J connectivity index is 2.94. The topological polar surface area (TPSA) is 36.7 Å². The van der Waals surface area contributed by atoms with Gasteiger partial charge in [0.1, 0.15) is 6.07 Å². The number of aromatic nitrogens is 1. The molecule has 0 radical (unpaired) electrons. The summed E-state index contributed by atoms with van der Waals surface area (Å²) in [4.78, 5) is 4.20. The molecule has 0 unspecified atom stereocenters. The molecule has 0 bridgehead atoms. The first-order valence-electron chi connectivity index (χ1n) is 4.28. The summed E-state index contributed by atoms with van der Waals surface area (Å²) in [7, 11) is 0. The van der Waals surface area contributed by atoms with Crippen molar-refractivity contribution >= 4 is 38.4 Å². The van der Waals surface area contributed by atoms with E-state index >= 15 is 0 Å². The van der Waals surface area contributed by atoms with Crippen molar-refractivity contribution in [2.75, 3.05) is 0 Å². The van der Waals surface area contributed by atoms with Gasteiger partial charge >= 0.3 is 0 Å². The number of halogens is 2. The number of pyridine rings is 1. The first kappa shape index (κ1) is 10.4. The van der Waals surface area contributed by atoms with E-state index in [-0.39, 0.29) is 0 Å². The molecule has 0 aliphatic carbocycles. The van der Waals surface area contributed by atoms with Gasteiger partial charge in [0, 0.05) is 16.1 Å². The quantitative estimate of drug-likeness (QED) is 0.736. The van der Waals surface area contributed by atoms with Gasteiger partial charge in [-0.05, 0) is 40.5 Å². The molecule has 1 aromatic heterocycles. The zero-order valence-electron chi connectivity index (χ0n) is 7.88. The number of hydrogen-bond donors (Lipinski definition) is 0. The average molecular weight is 282 g/mol. The maximum absolute atomic E-state index is 8.83. The predicted molar refractivity (Wildman–Crippen MR) is 63.9 cm³/mol. The van der Waals surface area contributed by atoms with E-state index in [4.69, 9.17) is 16.9 Å². The lowest BCUT2D eigenvalue weighted by Gasteiger charge is -2.04. The second-order valence-corrected chi connectivity index (χ2v) is 4.47. The molecule has 0 aliphatic heterocycles. The van der Waals surface area contributed by atoms with Crippen LogP contribution >= 0.6 is 27.5 Å². The van der Waals surface area contributed by atoms with Crippen LogP contribution < -0.4 is 0 Å². The molecule has 2 rings (SSSR count). The Morgan fingerprint density at radius 2 is 2.20 bits per heavy atom. The summed E-state index contributed by atoms with van der Waals surface area (Å²) in [6, 6.07) is 5.91. The lowest BCUT2D eigenvalue weighted by molar-refractivity contribution is 1.35. The minimum absolute atomic E-state index is 0.404. The monoisotopic (exact) mass is 280 g/mol. The van der Waals surface area contributed by atoms with Crippen LogP contribution in [0.15, 0.2) is 22.8 Å². The van der Waals surface area contributed by atoms with Crippen molar-refractivity contribution in [3.05, 3.63) is 39.0 Å². The van der Waals surface area contributed by atoms with E-state index in [0.29, 0.717) is 10.6 Å². The Morgan fingerprint density at radius 3 is 2.87 bits per heavy atom. The molecule has 0 N–H and O–H groups in total. The molecular weight excluding hydrogens is 275 g/mol. The summed E-state index contributed by atoms with van der Waals surface area (Å²) in [6.45, 7) is 1.97. The Kier molecular flexibility index (Phi) is 2.64. The van der Waals surface area contributed by atoms with Crippen molar-refractivity contribution in [1.82, 2.24) is 4.98 Å². The number of nitriles is 1. The van der Waals surface area contributed by atoms with E-state index in [9.17, 15) is 0 Å². The van der Waals surface area contributed by atoms with E-state index in [2.05, 4.69) is 20.9 Å². The smallest absolute Gasteiger partial charge is 0.102 e. The predicted octanol–water partition coefficient (Wildman–Crippen LogP) is 3.83. The Bertz CT molecular complexity index is 587. The normalized spacial score (nSPS) is 10.3. The van der Waals surface area contributed by atoms with E-state index in [1.165, 1.54) is 6.20 Å². The summed E-state index contributed by atoms with van der Waals surface area (Å²) < 4.78 is 0.892. The summed E-state index contributed by atoms with van der Waals surface area (Å²) in [5.41, 5.74) is 2.26. The molecule has 0 amide bonds. The molecule has 15 heavy (non-hydrogen) atoms. The number of benzene rings is 1. The highest BCUT2D eigenvalue weighted by Crippen LogP contribution is 2.30. The van der Waals surface area contributed by atoms with Crippen LogP contribution in [0.4, 0.5) is 0 Å². The third-order valence-electron chi connectivity index (χ3n) is 2.12. The molecule has 2 nitrogen and oxygen atoms in total. The van der Waals surface area contributed by atoms with Crippen LogP contribution in [-0.4, -0.2) is 4.98 Å². The Labute approximate surface area is 101 Å². The zero-order chi connectivity index (χ0) is 11.0. The van der Waals surface area contributed by atoms with Gasteiger partial charge in [-0.3, -0.25) is 4.98 Å². The third-order valence-corrected chi connectivity index (χ3v) is 3.14. The van der Waals surface area contributed by atoms with Crippen LogP contribution in [0.2, 0.25) is 5.02 Å². The van der Waals surface area contributed by atoms with E-state index in [1.54, 1.807) is 0 Å². The molecule has 74 valence electrons. The standard InChI is InChI=1S/C11H6BrClN2/c1-6-2-8-10(13)7(4-14)5-15-11(8)9(12)3-6/h2-3,5H,1H3. The van der Waals surface area contributed by atoms with Gasteiger partial charge in [-0.2, -0.15) is 5.26 Å². The molecule has 4 heteroatoms. The molecule has 1 aromatic carbocycles. The number of nitrogens with zero attached hydrogens (tertiary/aromatic N) is 2. The summed E-state index contributed by atoms with van der Waals surface area (Å²) in [5.74, 6) is 0. The van der Waals surface area contributed by atoms with Crippen LogP contribution in [0.25, 0.3) is 10.9 Å². The highest BCUT2D eigenvalue weighted by Gasteiger charge is 2.09. The second-order valence-electron chi connectivity index (χ2n) is 3.24. The van der Waals surface area contributed by atoms with Gasteiger partial charge in [-0.15, -0.1) is 0 Å². The Morgan fingerprint density at radius 1 is 1.47 bits per heavy atom. The number of rotatable bonds is 0. The van der Waals surface area contributed by atoms with E-state index < -0.39 is 0 Å². The van der Waals surface area contributed by atoms with Crippen LogP contribution in [0.1, 0.15) is 11.1 Å². The number of fused-ring (bicyclic) bond motifs is 1. The van der Waals surface area contributed by atoms with Gasteiger partial charge in [-0.25, -0.2) is 0 Å². The number of hydrogen-bond acceptors (Lipinski definition) is 2. The maximum atomic E-state index is 8.83. The lowest BCUT2D eigenvalue weighted by Crippen LogP contribution is -1.87. The minimum atomic E-state index is 0.404. The molecule has 0 aliphatic rings. The minimum Gasteiger partial charge on any atom is -0.254 e. The van der Waals surface area contributed by atoms with E-state index in [1.807, 2.05) is 25.1 Å². The van der Waals surface area contributed by atoms with E-state index in [0.717, 1.165) is 20.9 Å². The van der Waals surface area contributed by atoms with Crippen molar-refractivity contribution < 1.29 is 0 Å². The molecular formula is C11H6BrClN2. The van der Waals surface area contributed by atoms with Gasteiger partial charge in [0.05, 0.1) is 16.1 Å². The summed E-state index contributed by atoms with van der Waals surface area (Å²) in [6.07, 6.45) is 1.49. The molecule has 1 heterocycles. The molecule has 0 atom stereocenters. The maximum Gasteiger partial charge on any atom is 0.102 e. The molecule has 2 aromatic rings. The first-order chi connectivity index (χ1) is 7.13. The third kappa shape index (κ3) is 1.71. The fourth-order valence-corrected chi connectivity index (χ4v) is 2.35. The van der Waals surface area contributed by atoms with Gasteiger partial charge in [0.15, 0.2) is 0 Å². The Hall–Kier alpha value is -1.11. The van der Waals surface area contributed by atoms with Gasteiger partial charge < -0.3 is 0 Å². The van der Waals surface area contributed by atoms with Crippen LogP contribution in [0.3, 0.4) is 0 Å².